The molecule has 3 rings (SSSR count). The van der Waals surface area contributed by atoms with Gasteiger partial charge in [0.2, 0.25) is 11.7 Å². The monoisotopic (exact) mass is 276 g/mol. The predicted molar refractivity (Wildman–Crippen MR) is 68.0 cm³/mol. The van der Waals surface area contributed by atoms with E-state index < -0.39 is 4.92 Å². The Balaban J connectivity index is 1.85. The molecule has 0 radical (unpaired) electrons. The molecule has 1 aliphatic rings. The number of hydrogen-bond donors (Lipinski definition) is 1. The van der Waals surface area contributed by atoms with E-state index in [1.807, 2.05) is 0 Å². The number of morpholine rings is 1. The molecule has 1 saturated heterocycles. The Labute approximate surface area is 113 Å². The summed E-state index contributed by atoms with van der Waals surface area (Å²) in [6.45, 7) is 1.85. The number of nitrogens with one attached hydrogen (secondary N) is 1. The first-order chi connectivity index (χ1) is 9.74. The van der Waals surface area contributed by atoms with Gasteiger partial charge >= 0.3 is 0 Å². The average molecular weight is 276 g/mol. The largest absolute Gasteiger partial charge is 0.378 e. The molecule has 8 heteroatoms. The molecule has 1 N–H and O–H groups in total. The molecule has 0 amide bonds. The molecule has 0 spiro atoms. The summed E-state index contributed by atoms with van der Waals surface area (Å²) in [5.74, 6) is 0.752. The van der Waals surface area contributed by atoms with Gasteiger partial charge < -0.3 is 14.6 Å². The van der Waals surface area contributed by atoms with Crippen LogP contribution >= 0.6 is 0 Å². The number of benzene rings is 1. The third-order valence-corrected chi connectivity index (χ3v) is 2.98. The number of rotatable bonds is 3. The van der Waals surface area contributed by atoms with Crippen molar-refractivity contribution in [1.82, 2.24) is 15.5 Å². The summed E-state index contributed by atoms with van der Waals surface area (Å²) in [5.41, 5.74) is 0.541. The van der Waals surface area contributed by atoms with Crippen molar-refractivity contribution in [3.8, 4) is 11.4 Å². The van der Waals surface area contributed by atoms with Crippen LogP contribution in [0.15, 0.2) is 28.8 Å². The highest BCUT2D eigenvalue weighted by atomic mass is 16.6. The molecule has 1 atom stereocenters. The molecule has 1 aliphatic heterocycles. The Kier molecular flexibility index (Phi) is 3.40. The first-order valence-electron chi connectivity index (χ1n) is 6.13. The lowest BCUT2D eigenvalue weighted by atomic mass is 10.2. The van der Waals surface area contributed by atoms with Gasteiger partial charge in [0.1, 0.15) is 6.04 Å². The van der Waals surface area contributed by atoms with E-state index in [0.29, 0.717) is 30.5 Å². The molecule has 2 aromatic rings. The molecular formula is C12H12N4O4. The first kappa shape index (κ1) is 12.7. The lowest BCUT2D eigenvalue weighted by Gasteiger charge is -2.20. The van der Waals surface area contributed by atoms with Gasteiger partial charge in [-0.25, -0.2) is 0 Å². The fourth-order valence-electron chi connectivity index (χ4n) is 1.98. The molecule has 1 unspecified atom stereocenters. The van der Waals surface area contributed by atoms with Crippen molar-refractivity contribution in [3.05, 3.63) is 40.3 Å². The van der Waals surface area contributed by atoms with Crippen LogP contribution in [-0.4, -0.2) is 34.8 Å². The summed E-state index contributed by atoms with van der Waals surface area (Å²) in [6.07, 6.45) is 0. The van der Waals surface area contributed by atoms with Gasteiger partial charge in [-0.2, -0.15) is 4.98 Å². The van der Waals surface area contributed by atoms with Gasteiger partial charge in [-0.1, -0.05) is 17.3 Å². The van der Waals surface area contributed by atoms with Gasteiger partial charge in [0.05, 0.1) is 18.1 Å². The van der Waals surface area contributed by atoms with Crippen molar-refractivity contribution in [2.24, 2.45) is 0 Å². The number of nitro groups is 1. The SMILES string of the molecule is O=[N+]([O-])c1cccc(-c2noc(C3COCCN3)n2)c1. The highest BCUT2D eigenvalue weighted by molar-refractivity contribution is 5.58. The van der Waals surface area contributed by atoms with Crippen LogP contribution in [-0.2, 0) is 4.74 Å². The van der Waals surface area contributed by atoms with Crippen LogP contribution in [0.2, 0.25) is 0 Å². The molecule has 20 heavy (non-hydrogen) atoms. The minimum absolute atomic E-state index is 0.00650. The second-order valence-corrected chi connectivity index (χ2v) is 4.35. The van der Waals surface area contributed by atoms with Gasteiger partial charge in [0.25, 0.3) is 5.69 Å². The smallest absolute Gasteiger partial charge is 0.270 e. The zero-order valence-electron chi connectivity index (χ0n) is 10.5. The number of nitrogens with zero attached hydrogens (tertiary/aromatic N) is 3. The van der Waals surface area contributed by atoms with Gasteiger partial charge in [-0.15, -0.1) is 0 Å². The van der Waals surface area contributed by atoms with Gasteiger partial charge in [0.15, 0.2) is 0 Å². The van der Waals surface area contributed by atoms with E-state index in [2.05, 4.69) is 15.5 Å². The van der Waals surface area contributed by atoms with E-state index in [4.69, 9.17) is 9.26 Å². The van der Waals surface area contributed by atoms with Crippen LogP contribution in [0.4, 0.5) is 5.69 Å². The maximum Gasteiger partial charge on any atom is 0.270 e. The molecule has 0 aliphatic carbocycles. The lowest BCUT2D eigenvalue weighted by Crippen LogP contribution is -2.34. The molecule has 1 fully saturated rings. The van der Waals surface area contributed by atoms with Crippen molar-refractivity contribution in [2.45, 2.75) is 6.04 Å². The minimum atomic E-state index is -0.457. The molecular weight excluding hydrogens is 264 g/mol. The van der Waals surface area contributed by atoms with Gasteiger partial charge in [-0.3, -0.25) is 10.1 Å². The van der Waals surface area contributed by atoms with Crippen molar-refractivity contribution < 1.29 is 14.2 Å². The molecule has 1 aromatic heterocycles. The fourth-order valence-corrected chi connectivity index (χ4v) is 1.98. The quantitative estimate of drug-likeness (QED) is 0.665. The van der Waals surface area contributed by atoms with Crippen molar-refractivity contribution in [3.63, 3.8) is 0 Å². The molecule has 0 bridgehead atoms. The molecule has 2 heterocycles. The zero-order valence-corrected chi connectivity index (χ0v) is 10.5. The highest BCUT2D eigenvalue weighted by Crippen LogP contribution is 2.23. The summed E-state index contributed by atoms with van der Waals surface area (Å²) < 4.78 is 10.5. The van der Waals surface area contributed by atoms with Crippen molar-refractivity contribution in [2.75, 3.05) is 19.8 Å². The number of ether oxygens (including phenoxy) is 1. The van der Waals surface area contributed by atoms with Crippen LogP contribution in [0.3, 0.4) is 0 Å². The summed E-state index contributed by atoms with van der Waals surface area (Å²) in [5, 5.41) is 17.8. The van der Waals surface area contributed by atoms with E-state index in [0.717, 1.165) is 6.54 Å². The second-order valence-electron chi connectivity index (χ2n) is 4.35. The van der Waals surface area contributed by atoms with Crippen molar-refractivity contribution in [1.29, 1.82) is 0 Å². The standard InChI is InChI=1S/C12H12N4O4/c17-16(18)9-3-1-2-8(6-9)11-14-12(20-15-11)10-7-19-5-4-13-10/h1-3,6,10,13H,4-5,7H2. The maximum absolute atomic E-state index is 10.8. The average Bonchev–Trinajstić information content (AvgIpc) is 2.98. The fraction of sp³-hybridized carbons (Fsp3) is 0.333. The summed E-state index contributed by atoms with van der Waals surface area (Å²) in [6, 6.07) is 5.99. The highest BCUT2D eigenvalue weighted by Gasteiger charge is 2.22. The van der Waals surface area contributed by atoms with Crippen LogP contribution < -0.4 is 5.32 Å². The Morgan fingerprint density at radius 2 is 2.35 bits per heavy atom. The van der Waals surface area contributed by atoms with E-state index in [9.17, 15) is 10.1 Å². The number of aromatic nitrogens is 2. The van der Waals surface area contributed by atoms with Crippen LogP contribution in [0, 0.1) is 10.1 Å². The van der Waals surface area contributed by atoms with Crippen LogP contribution in [0.1, 0.15) is 11.9 Å². The lowest BCUT2D eigenvalue weighted by molar-refractivity contribution is -0.384. The number of hydrogen-bond acceptors (Lipinski definition) is 7. The van der Waals surface area contributed by atoms with Gasteiger partial charge in [0, 0.05) is 24.2 Å². The molecule has 0 saturated carbocycles. The molecule has 104 valence electrons. The Hall–Kier alpha value is -2.32. The van der Waals surface area contributed by atoms with Gasteiger partial charge in [-0.05, 0) is 0 Å². The first-order valence-corrected chi connectivity index (χ1v) is 6.13. The normalized spacial score (nSPS) is 18.9. The maximum atomic E-state index is 10.8. The van der Waals surface area contributed by atoms with Crippen LogP contribution in [0.5, 0.6) is 0 Å². The molecule has 8 nitrogen and oxygen atoms in total. The van der Waals surface area contributed by atoms with E-state index in [-0.39, 0.29) is 11.7 Å². The summed E-state index contributed by atoms with van der Waals surface area (Å²) in [4.78, 5) is 14.6. The summed E-state index contributed by atoms with van der Waals surface area (Å²) in [7, 11) is 0. The van der Waals surface area contributed by atoms with Crippen molar-refractivity contribution >= 4 is 5.69 Å². The topological polar surface area (TPSA) is 103 Å². The van der Waals surface area contributed by atoms with E-state index in [1.165, 1.54) is 12.1 Å². The number of non-ortho nitro benzene ring substituents is 1. The predicted octanol–water partition coefficient (Wildman–Crippen LogP) is 1.31. The van der Waals surface area contributed by atoms with E-state index in [1.54, 1.807) is 12.1 Å². The molecule has 1 aromatic carbocycles. The minimum Gasteiger partial charge on any atom is -0.378 e. The third-order valence-electron chi connectivity index (χ3n) is 2.98. The third kappa shape index (κ3) is 2.51. The number of nitro benzene ring substituents is 1. The summed E-state index contributed by atoms with van der Waals surface area (Å²) >= 11 is 0. The van der Waals surface area contributed by atoms with E-state index >= 15 is 0 Å². The Morgan fingerprint density at radius 3 is 3.10 bits per heavy atom. The zero-order chi connectivity index (χ0) is 13.9. The Bertz CT molecular complexity index is 621. The van der Waals surface area contributed by atoms with Crippen LogP contribution in [0.25, 0.3) is 11.4 Å². The Morgan fingerprint density at radius 1 is 1.45 bits per heavy atom. The second kappa shape index (κ2) is 5.35.